The van der Waals surface area contributed by atoms with Crippen molar-refractivity contribution in [1.29, 1.82) is 5.26 Å². The second-order valence-electron chi connectivity index (χ2n) is 6.13. The van der Waals surface area contributed by atoms with Gasteiger partial charge in [-0.1, -0.05) is 29.8 Å². The first-order chi connectivity index (χ1) is 13.9. The highest BCUT2D eigenvalue weighted by Gasteiger charge is 2.32. The summed E-state index contributed by atoms with van der Waals surface area (Å²) in [5.41, 5.74) is 1.55. The van der Waals surface area contributed by atoms with E-state index in [1.807, 2.05) is 6.07 Å². The number of anilines is 1. The van der Waals surface area contributed by atoms with Crippen LogP contribution in [0.5, 0.6) is 0 Å². The Hall–Kier alpha value is -3.70. The van der Waals surface area contributed by atoms with Crippen molar-refractivity contribution in [2.75, 3.05) is 18.5 Å². The smallest absolute Gasteiger partial charge is 0.326 e. The summed E-state index contributed by atoms with van der Waals surface area (Å²) in [5.74, 6) is -2.62. The maximum Gasteiger partial charge on any atom is 0.326 e. The van der Waals surface area contributed by atoms with Crippen LogP contribution in [0, 0.1) is 11.3 Å². The highest BCUT2D eigenvalue weighted by molar-refractivity contribution is 6.32. The van der Waals surface area contributed by atoms with Gasteiger partial charge in [0, 0.05) is 11.3 Å². The number of nitrogens with one attached hydrogen (secondary N) is 1. The van der Waals surface area contributed by atoms with E-state index in [1.54, 1.807) is 24.3 Å². The summed E-state index contributed by atoms with van der Waals surface area (Å²) in [6.07, 6.45) is 0.00906. The Balaban J connectivity index is 1.54. The second-order valence-corrected chi connectivity index (χ2v) is 6.54. The van der Waals surface area contributed by atoms with Gasteiger partial charge in [0.2, 0.25) is 5.91 Å². The van der Waals surface area contributed by atoms with Crippen molar-refractivity contribution in [3.63, 3.8) is 0 Å². The molecule has 1 heterocycles. The quantitative estimate of drug-likeness (QED) is 0.593. The van der Waals surface area contributed by atoms with Gasteiger partial charge in [-0.2, -0.15) is 5.26 Å². The van der Waals surface area contributed by atoms with Crippen LogP contribution < -0.4 is 5.32 Å². The van der Waals surface area contributed by atoms with Crippen molar-refractivity contribution >= 4 is 41.0 Å². The van der Waals surface area contributed by atoms with Crippen LogP contribution in [0.1, 0.15) is 21.5 Å². The highest BCUT2D eigenvalue weighted by Crippen LogP contribution is 2.21. The third-order valence-corrected chi connectivity index (χ3v) is 4.47. The van der Waals surface area contributed by atoms with Crippen LogP contribution in [0.15, 0.2) is 42.5 Å². The molecular formula is C20H14ClN3O5. The fourth-order valence-electron chi connectivity index (χ4n) is 2.76. The van der Waals surface area contributed by atoms with Crippen molar-refractivity contribution in [1.82, 2.24) is 4.90 Å². The number of carbonyl (C=O) groups is 4. The molecule has 29 heavy (non-hydrogen) atoms. The maximum atomic E-state index is 12.4. The lowest BCUT2D eigenvalue weighted by molar-refractivity contribution is -0.150. The van der Waals surface area contributed by atoms with E-state index in [0.717, 1.165) is 4.90 Å². The molecule has 9 heteroatoms. The lowest BCUT2D eigenvalue weighted by Gasteiger charge is -2.25. The van der Waals surface area contributed by atoms with Crippen molar-refractivity contribution in [3.05, 3.63) is 64.2 Å². The number of rotatable bonds is 5. The summed E-state index contributed by atoms with van der Waals surface area (Å²) in [6, 6.07) is 12.9. The summed E-state index contributed by atoms with van der Waals surface area (Å²) in [7, 11) is 0. The van der Waals surface area contributed by atoms with Gasteiger partial charge in [0.1, 0.15) is 12.6 Å². The molecule has 8 nitrogen and oxygen atoms in total. The highest BCUT2D eigenvalue weighted by atomic mass is 35.5. The molecule has 0 saturated heterocycles. The minimum atomic E-state index is -0.890. The van der Waals surface area contributed by atoms with E-state index < -0.39 is 36.8 Å². The number of imide groups is 1. The number of hydrogen-bond acceptors (Lipinski definition) is 6. The Morgan fingerprint density at radius 2 is 1.97 bits per heavy atom. The molecule has 0 radical (unpaired) electrons. The summed E-state index contributed by atoms with van der Waals surface area (Å²) in [6.45, 7) is -1.19. The molecular weight excluding hydrogens is 398 g/mol. The number of nitrogens with zero attached hydrogens (tertiary/aromatic N) is 2. The Kier molecular flexibility index (Phi) is 5.90. The molecule has 0 aliphatic carbocycles. The van der Waals surface area contributed by atoms with Gasteiger partial charge in [-0.25, -0.2) is 0 Å². The number of amides is 3. The Morgan fingerprint density at radius 1 is 1.21 bits per heavy atom. The number of hydrogen-bond donors (Lipinski definition) is 1. The molecule has 1 N–H and O–H groups in total. The first-order valence-corrected chi connectivity index (χ1v) is 8.84. The van der Waals surface area contributed by atoms with Gasteiger partial charge in [-0.15, -0.1) is 0 Å². The first kappa shape index (κ1) is 20.0. The molecule has 0 spiro atoms. The van der Waals surface area contributed by atoms with Crippen LogP contribution in [-0.2, 0) is 25.5 Å². The molecule has 2 aromatic rings. The van der Waals surface area contributed by atoms with Crippen molar-refractivity contribution in [2.45, 2.75) is 6.42 Å². The minimum absolute atomic E-state index is 0.00906. The van der Waals surface area contributed by atoms with Crippen molar-refractivity contribution in [2.24, 2.45) is 0 Å². The fourth-order valence-corrected chi connectivity index (χ4v) is 2.98. The largest absolute Gasteiger partial charge is 0.454 e. The Morgan fingerprint density at radius 3 is 2.69 bits per heavy atom. The van der Waals surface area contributed by atoms with Crippen molar-refractivity contribution in [3.8, 4) is 6.07 Å². The molecule has 0 fully saturated rings. The van der Waals surface area contributed by atoms with E-state index in [2.05, 4.69) is 5.32 Å². The molecule has 1 aliphatic rings. The van der Waals surface area contributed by atoms with Gasteiger partial charge in [0.05, 0.1) is 17.0 Å². The number of nitriles is 1. The maximum absolute atomic E-state index is 12.4. The van der Waals surface area contributed by atoms with Gasteiger partial charge < -0.3 is 10.1 Å². The topological polar surface area (TPSA) is 117 Å². The Labute approximate surface area is 170 Å². The molecule has 3 rings (SSSR count). The molecule has 3 amide bonds. The van der Waals surface area contributed by atoms with Crippen LogP contribution in [0.3, 0.4) is 0 Å². The zero-order valence-corrected chi connectivity index (χ0v) is 15.7. The normalized spacial score (nSPS) is 12.8. The van der Waals surface area contributed by atoms with Gasteiger partial charge in [0.15, 0.2) is 6.61 Å². The van der Waals surface area contributed by atoms with Crippen LogP contribution >= 0.6 is 11.6 Å². The predicted octanol–water partition coefficient (Wildman–Crippen LogP) is 1.92. The zero-order valence-electron chi connectivity index (χ0n) is 15.0. The van der Waals surface area contributed by atoms with Gasteiger partial charge in [-0.3, -0.25) is 24.1 Å². The SMILES string of the molecule is N#Cc1ccc(NC(=O)COC(=O)CN2C(=O)Cc3ccccc3C2=O)cc1Cl. The molecule has 2 aromatic carbocycles. The van der Waals surface area contributed by atoms with E-state index >= 15 is 0 Å². The fraction of sp³-hybridized carbons (Fsp3) is 0.150. The monoisotopic (exact) mass is 411 g/mol. The van der Waals surface area contributed by atoms with Crippen molar-refractivity contribution < 1.29 is 23.9 Å². The molecule has 0 bridgehead atoms. The standard InChI is InChI=1S/C20H14ClN3O5/c21-16-8-14(6-5-13(16)9-22)23-17(25)11-29-19(27)10-24-18(26)7-12-3-1-2-4-15(12)20(24)28/h1-6,8H,7,10-11H2,(H,23,25). The number of fused-ring (bicyclic) bond motifs is 1. The van der Waals surface area contributed by atoms with Gasteiger partial charge in [-0.05, 0) is 29.8 Å². The number of carbonyl (C=O) groups excluding carboxylic acids is 4. The lowest BCUT2D eigenvalue weighted by atomic mass is 9.98. The number of ether oxygens (including phenoxy) is 1. The molecule has 1 aliphatic heterocycles. The summed E-state index contributed by atoms with van der Waals surface area (Å²) in [5, 5.41) is 11.5. The molecule has 0 saturated carbocycles. The summed E-state index contributed by atoms with van der Waals surface area (Å²) < 4.78 is 4.86. The van der Waals surface area contributed by atoms with Crippen LogP contribution in [0.4, 0.5) is 5.69 Å². The van der Waals surface area contributed by atoms with E-state index in [9.17, 15) is 19.2 Å². The lowest BCUT2D eigenvalue weighted by Crippen LogP contribution is -2.45. The number of halogens is 1. The molecule has 146 valence electrons. The third-order valence-electron chi connectivity index (χ3n) is 4.16. The summed E-state index contributed by atoms with van der Waals surface area (Å²) in [4.78, 5) is 49.3. The van der Waals surface area contributed by atoms with Crippen LogP contribution in [-0.4, -0.2) is 41.7 Å². The van der Waals surface area contributed by atoms with Gasteiger partial charge >= 0.3 is 5.97 Å². The molecule has 0 aromatic heterocycles. The third kappa shape index (κ3) is 4.59. The average molecular weight is 412 g/mol. The average Bonchev–Trinajstić information content (AvgIpc) is 2.70. The predicted molar refractivity (Wildman–Crippen MR) is 102 cm³/mol. The zero-order chi connectivity index (χ0) is 21.0. The second kappa shape index (κ2) is 8.54. The molecule has 0 unspecified atom stereocenters. The van der Waals surface area contributed by atoms with E-state index in [-0.39, 0.29) is 17.0 Å². The van der Waals surface area contributed by atoms with E-state index in [1.165, 1.54) is 18.2 Å². The van der Waals surface area contributed by atoms with E-state index in [4.69, 9.17) is 21.6 Å². The van der Waals surface area contributed by atoms with Crippen LogP contribution in [0.2, 0.25) is 5.02 Å². The first-order valence-electron chi connectivity index (χ1n) is 8.46. The summed E-state index contributed by atoms with van der Waals surface area (Å²) >= 11 is 5.88. The van der Waals surface area contributed by atoms with E-state index in [0.29, 0.717) is 16.8 Å². The van der Waals surface area contributed by atoms with Crippen LogP contribution in [0.25, 0.3) is 0 Å². The molecule has 0 atom stereocenters. The minimum Gasteiger partial charge on any atom is -0.454 e. The van der Waals surface area contributed by atoms with Gasteiger partial charge in [0.25, 0.3) is 11.8 Å². The number of benzene rings is 2. The number of esters is 1. The Bertz CT molecular complexity index is 1060.